The molecule has 0 spiro atoms. The molecule has 2 aliphatic heterocycles. The number of amides is 1. The minimum atomic E-state index is -0.703. The number of hydrogen-bond acceptors (Lipinski definition) is 5. The molecule has 154 valence electrons. The van der Waals surface area contributed by atoms with Crippen LogP contribution >= 0.6 is 0 Å². The van der Waals surface area contributed by atoms with Crippen molar-refractivity contribution in [2.24, 2.45) is 0 Å². The number of furan rings is 1. The van der Waals surface area contributed by atoms with E-state index in [1.165, 1.54) is 11.3 Å². The summed E-state index contributed by atoms with van der Waals surface area (Å²) in [5.41, 5.74) is 3.70. The molecule has 6 heteroatoms. The van der Waals surface area contributed by atoms with Gasteiger partial charge in [0.2, 0.25) is 5.79 Å². The van der Waals surface area contributed by atoms with Gasteiger partial charge in [0.15, 0.2) is 11.5 Å². The lowest BCUT2D eigenvalue weighted by Gasteiger charge is -2.24. The molecule has 6 nitrogen and oxygen atoms in total. The summed E-state index contributed by atoms with van der Waals surface area (Å²) in [4.78, 5) is 15.2. The summed E-state index contributed by atoms with van der Waals surface area (Å²) in [5, 5.41) is 2.94. The van der Waals surface area contributed by atoms with Gasteiger partial charge in [0, 0.05) is 37.3 Å². The van der Waals surface area contributed by atoms with Crippen molar-refractivity contribution in [1.29, 1.82) is 0 Å². The highest BCUT2D eigenvalue weighted by molar-refractivity contribution is 6.05. The van der Waals surface area contributed by atoms with Crippen molar-refractivity contribution in [1.82, 2.24) is 0 Å². The Hall–Kier alpha value is -3.41. The molecule has 0 saturated carbocycles. The molecule has 2 aromatic carbocycles. The number of carbonyl (C=O) groups excluding carboxylic acids is 1. The molecule has 0 fully saturated rings. The minimum absolute atomic E-state index is 0.211. The van der Waals surface area contributed by atoms with Gasteiger partial charge in [-0.05, 0) is 43.2 Å². The number of anilines is 2. The smallest absolute Gasteiger partial charge is 0.259 e. The van der Waals surface area contributed by atoms with Crippen LogP contribution in [0, 0.1) is 0 Å². The average molecular weight is 404 g/mol. The topological polar surface area (TPSA) is 63.9 Å². The van der Waals surface area contributed by atoms with E-state index < -0.39 is 5.79 Å². The van der Waals surface area contributed by atoms with Crippen molar-refractivity contribution in [2.45, 2.75) is 45.6 Å². The minimum Gasteiger partial charge on any atom is -0.467 e. The molecule has 2 aliphatic rings. The Balaban J connectivity index is 1.34. The SMILES string of the molecule is CC1Cc2ccccc2N1Cc1occc1C(=O)Nc1ccc2c(c1)OC(C)(C)O2. The van der Waals surface area contributed by atoms with Crippen LogP contribution in [-0.2, 0) is 13.0 Å². The molecular formula is C24H24N2O4. The summed E-state index contributed by atoms with van der Waals surface area (Å²) in [5.74, 6) is 1.03. The summed E-state index contributed by atoms with van der Waals surface area (Å²) in [6, 6.07) is 15.8. The van der Waals surface area contributed by atoms with Gasteiger partial charge < -0.3 is 24.1 Å². The number of carbonyl (C=O) groups is 1. The van der Waals surface area contributed by atoms with Crippen molar-refractivity contribution < 1.29 is 18.7 Å². The third kappa shape index (κ3) is 3.28. The van der Waals surface area contributed by atoms with Gasteiger partial charge in [-0.15, -0.1) is 0 Å². The lowest BCUT2D eigenvalue weighted by atomic mass is 10.1. The van der Waals surface area contributed by atoms with Crippen LogP contribution < -0.4 is 19.7 Å². The van der Waals surface area contributed by atoms with E-state index in [9.17, 15) is 4.79 Å². The number of rotatable bonds is 4. The maximum Gasteiger partial charge on any atom is 0.259 e. The summed E-state index contributed by atoms with van der Waals surface area (Å²) in [6.45, 7) is 6.43. The van der Waals surface area contributed by atoms with Crippen LogP contribution in [0.15, 0.2) is 59.2 Å². The maximum atomic E-state index is 13.0. The van der Waals surface area contributed by atoms with Crippen molar-refractivity contribution in [3.05, 3.63) is 71.7 Å². The number of para-hydroxylation sites is 1. The van der Waals surface area contributed by atoms with Gasteiger partial charge in [0.25, 0.3) is 5.91 Å². The number of ether oxygens (including phenoxy) is 2. The molecule has 1 atom stereocenters. The molecule has 0 saturated heterocycles. The number of nitrogens with zero attached hydrogens (tertiary/aromatic N) is 1. The molecule has 0 aliphatic carbocycles. The van der Waals surface area contributed by atoms with Crippen LogP contribution in [0.25, 0.3) is 0 Å². The molecular weight excluding hydrogens is 380 g/mol. The zero-order valence-electron chi connectivity index (χ0n) is 17.3. The van der Waals surface area contributed by atoms with E-state index in [1.807, 2.05) is 19.9 Å². The first kappa shape index (κ1) is 18.6. The highest BCUT2D eigenvalue weighted by Gasteiger charge is 2.32. The van der Waals surface area contributed by atoms with E-state index in [4.69, 9.17) is 13.9 Å². The standard InChI is InChI=1S/C24H24N2O4/c1-15-12-16-6-4-5-7-19(16)26(15)14-22-18(10-11-28-22)23(27)25-17-8-9-20-21(13-17)30-24(2,3)29-20/h4-11,13,15H,12,14H2,1-3H3,(H,25,27). The van der Waals surface area contributed by atoms with Crippen molar-refractivity contribution >= 4 is 17.3 Å². The lowest BCUT2D eigenvalue weighted by Crippen LogP contribution is -2.29. The molecule has 1 unspecified atom stereocenters. The van der Waals surface area contributed by atoms with Gasteiger partial charge in [0.05, 0.1) is 18.4 Å². The zero-order valence-corrected chi connectivity index (χ0v) is 17.3. The van der Waals surface area contributed by atoms with Crippen LogP contribution in [0.2, 0.25) is 0 Å². The average Bonchev–Trinajstić information content (AvgIpc) is 3.36. The van der Waals surface area contributed by atoms with Crippen molar-refractivity contribution in [3.8, 4) is 11.5 Å². The first-order valence-electron chi connectivity index (χ1n) is 10.1. The summed E-state index contributed by atoms with van der Waals surface area (Å²) < 4.78 is 17.2. The Morgan fingerprint density at radius 3 is 2.80 bits per heavy atom. The number of hydrogen-bond donors (Lipinski definition) is 1. The van der Waals surface area contributed by atoms with E-state index in [2.05, 4.69) is 35.3 Å². The van der Waals surface area contributed by atoms with Crippen LogP contribution in [0.1, 0.15) is 42.5 Å². The molecule has 0 radical (unpaired) electrons. The third-order valence-corrected chi connectivity index (χ3v) is 5.57. The Morgan fingerprint density at radius 1 is 1.13 bits per heavy atom. The van der Waals surface area contributed by atoms with Crippen LogP contribution in [0.5, 0.6) is 11.5 Å². The van der Waals surface area contributed by atoms with Gasteiger partial charge in [-0.1, -0.05) is 18.2 Å². The number of nitrogens with one attached hydrogen (secondary N) is 1. The molecule has 1 amide bonds. The molecule has 30 heavy (non-hydrogen) atoms. The van der Waals surface area contributed by atoms with E-state index in [1.54, 1.807) is 30.5 Å². The second kappa shape index (κ2) is 6.83. The highest BCUT2D eigenvalue weighted by atomic mass is 16.7. The summed E-state index contributed by atoms with van der Waals surface area (Å²) >= 11 is 0. The van der Waals surface area contributed by atoms with E-state index in [-0.39, 0.29) is 5.91 Å². The van der Waals surface area contributed by atoms with Crippen molar-refractivity contribution in [2.75, 3.05) is 10.2 Å². The molecule has 3 aromatic rings. The number of benzene rings is 2. The lowest BCUT2D eigenvalue weighted by molar-refractivity contribution is -0.0431. The first-order valence-corrected chi connectivity index (χ1v) is 10.1. The zero-order chi connectivity index (χ0) is 20.9. The van der Waals surface area contributed by atoms with E-state index >= 15 is 0 Å². The van der Waals surface area contributed by atoms with Gasteiger partial charge in [-0.25, -0.2) is 0 Å². The van der Waals surface area contributed by atoms with Gasteiger partial charge in [-0.2, -0.15) is 0 Å². The van der Waals surface area contributed by atoms with Crippen LogP contribution in [0.4, 0.5) is 11.4 Å². The number of fused-ring (bicyclic) bond motifs is 2. The largest absolute Gasteiger partial charge is 0.467 e. The quantitative estimate of drug-likeness (QED) is 0.664. The molecule has 0 bridgehead atoms. The maximum absolute atomic E-state index is 13.0. The summed E-state index contributed by atoms with van der Waals surface area (Å²) in [6.07, 6.45) is 2.56. The Kier molecular flexibility index (Phi) is 4.24. The second-order valence-electron chi connectivity index (χ2n) is 8.29. The van der Waals surface area contributed by atoms with E-state index in [0.717, 1.165) is 6.42 Å². The Labute approximate surface area is 175 Å². The van der Waals surface area contributed by atoms with Gasteiger partial charge >= 0.3 is 0 Å². The monoisotopic (exact) mass is 404 g/mol. The fourth-order valence-electron chi connectivity index (χ4n) is 4.19. The predicted octanol–water partition coefficient (Wildman–Crippen LogP) is 4.99. The first-order chi connectivity index (χ1) is 14.4. The normalized spacial score (nSPS) is 18.4. The fraction of sp³-hybridized carbons (Fsp3) is 0.292. The predicted molar refractivity (Wildman–Crippen MR) is 114 cm³/mol. The van der Waals surface area contributed by atoms with Crippen molar-refractivity contribution in [3.63, 3.8) is 0 Å². The van der Waals surface area contributed by atoms with Gasteiger partial charge in [0.1, 0.15) is 5.76 Å². The van der Waals surface area contributed by atoms with Gasteiger partial charge in [-0.3, -0.25) is 4.79 Å². The Morgan fingerprint density at radius 2 is 1.93 bits per heavy atom. The fourth-order valence-corrected chi connectivity index (χ4v) is 4.19. The van der Waals surface area contributed by atoms with Crippen LogP contribution in [0.3, 0.4) is 0 Å². The third-order valence-electron chi connectivity index (χ3n) is 5.57. The summed E-state index contributed by atoms with van der Waals surface area (Å²) in [7, 11) is 0. The molecule has 5 rings (SSSR count). The molecule has 1 aromatic heterocycles. The Bertz CT molecular complexity index is 1120. The second-order valence-corrected chi connectivity index (χ2v) is 8.29. The van der Waals surface area contributed by atoms with E-state index in [0.29, 0.717) is 41.1 Å². The highest BCUT2D eigenvalue weighted by Crippen LogP contribution is 2.41. The van der Waals surface area contributed by atoms with Crippen LogP contribution in [-0.4, -0.2) is 17.7 Å². The molecule has 3 heterocycles. The molecule has 1 N–H and O–H groups in total.